The SMILES string of the molecule is CCOC(=O)CCn1cnc2c(=O)[nH]c(NC(C)=O)nc21. The van der Waals surface area contributed by atoms with Crippen LogP contribution < -0.4 is 10.9 Å². The van der Waals surface area contributed by atoms with Crippen LogP contribution in [0.15, 0.2) is 11.1 Å². The van der Waals surface area contributed by atoms with Gasteiger partial charge < -0.3 is 9.30 Å². The third kappa shape index (κ3) is 3.44. The van der Waals surface area contributed by atoms with Crippen molar-refractivity contribution in [2.75, 3.05) is 11.9 Å². The van der Waals surface area contributed by atoms with Crippen LogP contribution in [0.1, 0.15) is 20.3 Å². The molecule has 0 aliphatic carbocycles. The van der Waals surface area contributed by atoms with E-state index in [0.717, 1.165) is 0 Å². The number of hydrogen-bond donors (Lipinski definition) is 2. The Morgan fingerprint density at radius 1 is 1.48 bits per heavy atom. The van der Waals surface area contributed by atoms with E-state index >= 15 is 0 Å². The van der Waals surface area contributed by atoms with Gasteiger partial charge in [0.05, 0.1) is 19.4 Å². The minimum Gasteiger partial charge on any atom is -0.466 e. The van der Waals surface area contributed by atoms with Crippen LogP contribution in [0.4, 0.5) is 5.95 Å². The Morgan fingerprint density at radius 2 is 2.24 bits per heavy atom. The van der Waals surface area contributed by atoms with Gasteiger partial charge in [0.1, 0.15) is 0 Å². The lowest BCUT2D eigenvalue weighted by molar-refractivity contribution is -0.143. The van der Waals surface area contributed by atoms with Gasteiger partial charge in [-0.25, -0.2) is 4.98 Å². The summed E-state index contributed by atoms with van der Waals surface area (Å²) in [5.41, 5.74) is -0.0154. The van der Waals surface area contributed by atoms with Crippen LogP contribution >= 0.6 is 0 Å². The first kappa shape index (κ1) is 14.7. The zero-order chi connectivity index (χ0) is 15.4. The number of anilines is 1. The van der Waals surface area contributed by atoms with Crippen LogP contribution in [-0.2, 0) is 20.9 Å². The molecule has 1 amide bonds. The maximum absolute atomic E-state index is 11.8. The molecular weight excluding hydrogens is 278 g/mol. The zero-order valence-electron chi connectivity index (χ0n) is 11.7. The van der Waals surface area contributed by atoms with Crippen molar-refractivity contribution in [2.45, 2.75) is 26.8 Å². The molecule has 21 heavy (non-hydrogen) atoms. The van der Waals surface area contributed by atoms with Gasteiger partial charge in [-0.15, -0.1) is 0 Å². The molecule has 0 aliphatic heterocycles. The van der Waals surface area contributed by atoms with Gasteiger partial charge >= 0.3 is 5.97 Å². The largest absolute Gasteiger partial charge is 0.466 e. The molecule has 9 heteroatoms. The molecule has 0 saturated heterocycles. The fraction of sp³-hybridized carbons (Fsp3) is 0.417. The number of aryl methyl sites for hydroxylation is 1. The summed E-state index contributed by atoms with van der Waals surface area (Å²) in [6.45, 7) is 3.63. The van der Waals surface area contributed by atoms with Crippen molar-refractivity contribution in [3.05, 3.63) is 16.7 Å². The second kappa shape index (κ2) is 6.16. The van der Waals surface area contributed by atoms with Crippen LogP contribution in [0.5, 0.6) is 0 Å². The lowest BCUT2D eigenvalue weighted by Gasteiger charge is -2.05. The highest BCUT2D eigenvalue weighted by Gasteiger charge is 2.12. The average Bonchev–Trinajstić information content (AvgIpc) is 2.79. The van der Waals surface area contributed by atoms with E-state index < -0.39 is 5.56 Å². The van der Waals surface area contributed by atoms with Crippen LogP contribution in [0, 0.1) is 0 Å². The standard InChI is InChI=1S/C12H15N5O4/c1-3-21-8(19)4-5-17-6-13-9-10(17)15-12(14-7(2)18)16-11(9)20/h6H,3-5H2,1-2H3,(H2,14,15,16,18,20). The van der Waals surface area contributed by atoms with Crippen molar-refractivity contribution in [3.63, 3.8) is 0 Å². The van der Waals surface area contributed by atoms with Crippen molar-refractivity contribution in [3.8, 4) is 0 Å². The van der Waals surface area contributed by atoms with Gasteiger partial charge in [0.15, 0.2) is 11.2 Å². The van der Waals surface area contributed by atoms with E-state index in [2.05, 4.69) is 20.3 Å². The summed E-state index contributed by atoms with van der Waals surface area (Å²) < 4.78 is 6.40. The predicted octanol–water partition coefficient (Wildman–Crippen LogP) is 0.0312. The summed E-state index contributed by atoms with van der Waals surface area (Å²) in [5.74, 6) is -0.653. The number of ether oxygens (including phenoxy) is 1. The van der Waals surface area contributed by atoms with Gasteiger partial charge in [0.2, 0.25) is 11.9 Å². The maximum Gasteiger partial charge on any atom is 0.307 e. The molecule has 0 spiro atoms. The lowest BCUT2D eigenvalue weighted by Crippen LogP contribution is -2.17. The van der Waals surface area contributed by atoms with E-state index in [9.17, 15) is 14.4 Å². The number of carbonyl (C=O) groups is 2. The summed E-state index contributed by atoms with van der Waals surface area (Å²) in [4.78, 5) is 44.7. The fourth-order valence-corrected chi connectivity index (χ4v) is 1.79. The van der Waals surface area contributed by atoms with Crippen LogP contribution in [0.2, 0.25) is 0 Å². The Bertz CT molecular complexity index is 733. The highest BCUT2D eigenvalue weighted by molar-refractivity contribution is 5.87. The van der Waals surface area contributed by atoms with Gasteiger partial charge in [0, 0.05) is 13.5 Å². The third-order valence-corrected chi connectivity index (χ3v) is 2.63. The lowest BCUT2D eigenvalue weighted by atomic mass is 10.4. The molecule has 0 bridgehead atoms. The number of amides is 1. The van der Waals surface area contributed by atoms with E-state index in [1.807, 2.05) is 0 Å². The van der Waals surface area contributed by atoms with Crippen molar-refractivity contribution in [1.82, 2.24) is 19.5 Å². The first-order valence-electron chi connectivity index (χ1n) is 6.39. The number of H-pyrrole nitrogens is 1. The van der Waals surface area contributed by atoms with E-state index in [4.69, 9.17) is 4.74 Å². The summed E-state index contributed by atoms with van der Waals surface area (Å²) in [6.07, 6.45) is 1.56. The Hall–Kier alpha value is -2.71. The second-order valence-corrected chi connectivity index (χ2v) is 4.26. The Balaban J connectivity index is 2.28. The predicted molar refractivity (Wildman–Crippen MR) is 73.7 cm³/mol. The number of carbonyl (C=O) groups excluding carboxylic acids is 2. The first-order chi connectivity index (χ1) is 10.0. The number of nitrogens with zero attached hydrogens (tertiary/aromatic N) is 3. The van der Waals surface area contributed by atoms with Crippen molar-refractivity contribution >= 4 is 29.0 Å². The topological polar surface area (TPSA) is 119 Å². The van der Waals surface area contributed by atoms with E-state index in [1.165, 1.54) is 13.3 Å². The Kier molecular flexibility index (Phi) is 4.31. The molecule has 2 aromatic heterocycles. The normalized spacial score (nSPS) is 10.6. The van der Waals surface area contributed by atoms with Crippen LogP contribution in [0.3, 0.4) is 0 Å². The van der Waals surface area contributed by atoms with Crippen LogP contribution in [0.25, 0.3) is 11.2 Å². The number of aromatic amines is 1. The van der Waals surface area contributed by atoms with Gasteiger partial charge in [-0.3, -0.25) is 24.7 Å². The minimum absolute atomic E-state index is 0.0397. The molecule has 2 rings (SSSR count). The number of aromatic nitrogens is 4. The quantitative estimate of drug-likeness (QED) is 0.751. The highest BCUT2D eigenvalue weighted by Crippen LogP contribution is 2.08. The molecule has 0 aromatic carbocycles. The molecule has 0 unspecified atom stereocenters. The summed E-state index contributed by atoms with van der Waals surface area (Å²) >= 11 is 0. The summed E-state index contributed by atoms with van der Waals surface area (Å²) in [7, 11) is 0. The fourth-order valence-electron chi connectivity index (χ4n) is 1.79. The Labute approximate surface area is 119 Å². The molecule has 0 radical (unpaired) electrons. The number of rotatable bonds is 5. The van der Waals surface area contributed by atoms with Gasteiger partial charge in [-0.2, -0.15) is 4.98 Å². The number of fused-ring (bicyclic) bond motifs is 1. The second-order valence-electron chi connectivity index (χ2n) is 4.26. The molecule has 112 valence electrons. The summed E-state index contributed by atoms with van der Waals surface area (Å²) in [5, 5.41) is 2.40. The zero-order valence-corrected chi connectivity index (χ0v) is 11.7. The number of hydrogen-bond acceptors (Lipinski definition) is 6. The number of nitrogens with one attached hydrogen (secondary N) is 2. The van der Waals surface area contributed by atoms with Crippen molar-refractivity contribution in [1.29, 1.82) is 0 Å². The molecule has 2 N–H and O–H groups in total. The molecular formula is C12H15N5O4. The smallest absolute Gasteiger partial charge is 0.307 e. The average molecular weight is 293 g/mol. The maximum atomic E-state index is 11.8. The van der Waals surface area contributed by atoms with Crippen molar-refractivity contribution < 1.29 is 14.3 Å². The van der Waals surface area contributed by atoms with Gasteiger partial charge in [-0.1, -0.05) is 0 Å². The van der Waals surface area contributed by atoms with Gasteiger partial charge in [-0.05, 0) is 6.92 Å². The molecule has 0 fully saturated rings. The van der Waals surface area contributed by atoms with E-state index in [-0.39, 0.29) is 36.3 Å². The number of imidazole rings is 1. The third-order valence-electron chi connectivity index (χ3n) is 2.63. The molecule has 0 aliphatic rings. The molecule has 0 saturated carbocycles. The van der Waals surface area contributed by atoms with E-state index in [0.29, 0.717) is 12.3 Å². The first-order valence-corrected chi connectivity index (χ1v) is 6.39. The Morgan fingerprint density at radius 3 is 2.90 bits per heavy atom. The number of esters is 1. The molecule has 2 heterocycles. The molecule has 0 atom stereocenters. The minimum atomic E-state index is -0.460. The van der Waals surface area contributed by atoms with Crippen molar-refractivity contribution in [2.24, 2.45) is 0 Å². The van der Waals surface area contributed by atoms with Crippen LogP contribution in [-0.4, -0.2) is 38.0 Å². The summed E-state index contributed by atoms with van der Waals surface area (Å²) in [6, 6.07) is 0. The highest BCUT2D eigenvalue weighted by atomic mass is 16.5. The van der Waals surface area contributed by atoms with Gasteiger partial charge in [0.25, 0.3) is 5.56 Å². The molecule has 2 aromatic rings. The van der Waals surface area contributed by atoms with E-state index in [1.54, 1.807) is 11.5 Å². The monoisotopic (exact) mass is 293 g/mol. The molecule has 9 nitrogen and oxygen atoms in total.